The molecule has 0 unspecified atom stereocenters. The van der Waals surface area contributed by atoms with E-state index in [1.165, 1.54) is 0 Å². The van der Waals surface area contributed by atoms with Gasteiger partial charge in [0.15, 0.2) is 0 Å². The zero-order chi connectivity index (χ0) is 12.1. The van der Waals surface area contributed by atoms with Crippen LogP contribution in [-0.4, -0.2) is 15.3 Å². The molecule has 4 nitrogen and oxygen atoms in total. The smallest absolute Gasteiger partial charge is 0.134 e. The van der Waals surface area contributed by atoms with Crippen LogP contribution in [0.1, 0.15) is 11.3 Å². The third-order valence-electron chi connectivity index (χ3n) is 2.32. The average Bonchev–Trinajstić information content (AvgIpc) is 2.36. The Hall–Kier alpha value is -1.46. The SMILES string of the molecule is Oc1c(Br)cccc1CNCc1cccnn1. The number of hydrogen-bond acceptors (Lipinski definition) is 4. The summed E-state index contributed by atoms with van der Waals surface area (Å²) in [5.74, 6) is 0.277. The molecular weight excluding hydrogens is 282 g/mol. The van der Waals surface area contributed by atoms with E-state index in [1.807, 2.05) is 30.3 Å². The molecule has 2 rings (SSSR count). The van der Waals surface area contributed by atoms with Crippen LogP contribution in [-0.2, 0) is 13.1 Å². The molecule has 5 heteroatoms. The molecule has 0 aliphatic carbocycles. The Morgan fingerprint density at radius 3 is 2.82 bits per heavy atom. The van der Waals surface area contributed by atoms with Crippen LogP contribution in [0.5, 0.6) is 5.75 Å². The van der Waals surface area contributed by atoms with E-state index in [0.29, 0.717) is 17.6 Å². The molecule has 2 aromatic rings. The van der Waals surface area contributed by atoms with E-state index in [0.717, 1.165) is 11.3 Å². The van der Waals surface area contributed by atoms with E-state index in [4.69, 9.17) is 0 Å². The van der Waals surface area contributed by atoms with Crippen molar-refractivity contribution >= 4 is 15.9 Å². The summed E-state index contributed by atoms with van der Waals surface area (Å²) in [4.78, 5) is 0. The highest BCUT2D eigenvalue weighted by atomic mass is 79.9. The second-order valence-electron chi connectivity index (χ2n) is 3.57. The van der Waals surface area contributed by atoms with E-state index in [1.54, 1.807) is 6.20 Å². The Labute approximate surface area is 108 Å². The number of hydrogen-bond donors (Lipinski definition) is 2. The van der Waals surface area contributed by atoms with E-state index in [2.05, 4.69) is 31.4 Å². The lowest BCUT2D eigenvalue weighted by atomic mass is 10.2. The number of aromatic nitrogens is 2. The largest absolute Gasteiger partial charge is 0.506 e. The van der Waals surface area contributed by atoms with Gasteiger partial charge in [0.2, 0.25) is 0 Å². The first kappa shape index (κ1) is 12.0. The van der Waals surface area contributed by atoms with Crippen LogP contribution in [0.3, 0.4) is 0 Å². The minimum absolute atomic E-state index is 0.277. The van der Waals surface area contributed by atoms with E-state index in [9.17, 15) is 5.11 Å². The Balaban J connectivity index is 1.93. The molecule has 0 saturated carbocycles. The number of rotatable bonds is 4. The van der Waals surface area contributed by atoms with Crippen molar-refractivity contribution in [3.63, 3.8) is 0 Å². The molecule has 0 fully saturated rings. The fourth-order valence-electron chi connectivity index (χ4n) is 1.46. The number of nitrogens with zero attached hydrogens (tertiary/aromatic N) is 2. The van der Waals surface area contributed by atoms with Crippen molar-refractivity contribution in [1.29, 1.82) is 0 Å². The van der Waals surface area contributed by atoms with Gasteiger partial charge in [-0.15, -0.1) is 0 Å². The summed E-state index contributed by atoms with van der Waals surface area (Å²) in [6, 6.07) is 9.33. The molecule has 0 saturated heterocycles. The molecule has 0 spiro atoms. The predicted octanol–water partition coefficient (Wildman–Crippen LogP) is 2.23. The van der Waals surface area contributed by atoms with E-state index in [-0.39, 0.29) is 5.75 Å². The summed E-state index contributed by atoms with van der Waals surface area (Å²) in [5.41, 5.74) is 1.73. The van der Waals surface area contributed by atoms with Crippen molar-refractivity contribution in [3.8, 4) is 5.75 Å². The summed E-state index contributed by atoms with van der Waals surface area (Å²) in [7, 11) is 0. The standard InChI is InChI=1S/C12H12BrN3O/c13-11-5-1-3-9(12(11)17)7-14-8-10-4-2-6-15-16-10/h1-6,14,17H,7-8H2. The van der Waals surface area contributed by atoms with Gasteiger partial charge in [0, 0.05) is 24.8 Å². The highest BCUT2D eigenvalue weighted by Gasteiger charge is 2.04. The molecule has 17 heavy (non-hydrogen) atoms. The highest BCUT2D eigenvalue weighted by molar-refractivity contribution is 9.10. The number of halogens is 1. The lowest BCUT2D eigenvalue weighted by Gasteiger charge is -2.07. The van der Waals surface area contributed by atoms with Gasteiger partial charge in [-0.25, -0.2) is 0 Å². The Morgan fingerprint density at radius 2 is 2.06 bits per heavy atom. The summed E-state index contributed by atoms with van der Waals surface area (Å²) in [5, 5.41) is 20.7. The number of phenols is 1. The zero-order valence-electron chi connectivity index (χ0n) is 9.10. The number of aromatic hydroxyl groups is 1. The number of phenolic OH excluding ortho intramolecular Hbond substituents is 1. The van der Waals surface area contributed by atoms with Crippen molar-refractivity contribution in [2.75, 3.05) is 0 Å². The molecule has 1 aromatic heterocycles. The van der Waals surface area contributed by atoms with Gasteiger partial charge in [-0.2, -0.15) is 10.2 Å². The maximum absolute atomic E-state index is 9.78. The Kier molecular flexibility index (Phi) is 4.06. The fraction of sp³-hybridized carbons (Fsp3) is 0.167. The molecule has 0 aliphatic heterocycles. The molecule has 0 atom stereocenters. The van der Waals surface area contributed by atoms with E-state index < -0.39 is 0 Å². The minimum Gasteiger partial charge on any atom is -0.506 e. The monoisotopic (exact) mass is 293 g/mol. The van der Waals surface area contributed by atoms with Crippen LogP contribution in [0.2, 0.25) is 0 Å². The molecular formula is C12H12BrN3O. The number of nitrogens with one attached hydrogen (secondary N) is 1. The van der Waals surface area contributed by atoms with Crippen molar-refractivity contribution < 1.29 is 5.11 Å². The third-order valence-corrected chi connectivity index (χ3v) is 2.96. The summed E-state index contributed by atoms with van der Waals surface area (Å²) in [6.07, 6.45) is 1.64. The van der Waals surface area contributed by atoms with Crippen LogP contribution in [0, 0.1) is 0 Å². The van der Waals surface area contributed by atoms with E-state index >= 15 is 0 Å². The first-order valence-electron chi connectivity index (χ1n) is 5.21. The molecule has 88 valence electrons. The van der Waals surface area contributed by atoms with Gasteiger partial charge in [0.1, 0.15) is 5.75 Å². The normalized spacial score (nSPS) is 10.4. The van der Waals surface area contributed by atoms with Crippen molar-refractivity contribution in [3.05, 3.63) is 52.3 Å². The molecule has 0 aliphatic rings. The van der Waals surface area contributed by atoms with Gasteiger partial charge < -0.3 is 10.4 Å². The third kappa shape index (κ3) is 3.25. The Bertz CT molecular complexity index is 490. The van der Waals surface area contributed by atoms with Gasteiger partial charge in [-0.3, -0.25) is 0 Å². The highest BCUT2D eigenvalue weighted by Crippen LogP contribution is 2.27. The number of para-hydroxylation sites is 1. The topological polar surface area (TPSA) is 58.0 Å². The van der Waals surface area contributed by atoms with Crippen molar-refractivity contribution in [2.45, 2.75) is 13.1 Å². The average molecular weight is 294 g/mol. The summed E-state index contributed by atoms with van der Waals surface area (Å²) < 4.78 is 0.705. The van der Waals surface area contributed by atoms with Crippen LogP contribution in [0.15, 0.2) is 41.0 Å². The number of benzene rings is 1. The van der Waals surface area contributed by atoms with Gasteiger partial charge in [-0.1, -0.05) is 12.1 Å². The van der Waals surface area contributed by atoms with Crippen molar-refractivity contribution in [2.24, 2.45) is 0 Å². The van der Waals surface area contributed by atoms with Gasteiger partial charge >= 0.3 is 0 Å². The van der Waals surface area contributed by atoms with Gasteiger partial charge in [0.25, 0.3) is 0 Å². The molecule has 2 N–H and O–H groups in total. The molecule has 1 heterocycles. The van der Waals surface area contributed by atoms with Gasteiger partial charge in [-0.05, 0) is 34.1 Å². The summed E-state index contributed by atoms with van der Waals surface area (Å²) in [6.45, 7) is 1.21. The Morgan fingerprint density at radius 1 is 1.18 bits per heavy atom. The van der Waals surface area contributed by atoms with Crippen LogP contribution < -0.4 is 5.32 Å². The maximum atomic E-state index is 9.78. The first-order valence-corrected chi connectivity index (χ1v) is 6.00. The lowest BCUT2D eigenvalue weighted by molar-refractivity contribution is 0.460. The molecule has 1 aromatic carbocycles. The van der Waals surface area contributed by atoms with Crippen LogP contribution in [0.4, 0.5) is 0 Å². The van der Waals surface area contributed by atoms with Gasteiger partial charge in [0.05, 0.1) is 10.2 Å². The quantitative estimate of drug-likeness (QED) is 0.908. The predicted molar refractivity (Wildman–Crippen MR) is 68.4 cm³/mol. The second-order valence-corrected chi connectivity index (χ2v) is 4.42. The fourth-order valence-corrected chi connectivity index (χ4v) is 1.86. The lowest BCUT2D eigenvalue weighted by Crippen LogP contribution is -2.14. The zero-order valence-corrected chi connectivity index (χ0v) is 10.7. The first-order chi connectivity index (χ1) is 8.27. The maximum Gasteiger partial charge on any atom is 0.134 e. The van der Waals surface area contributed by atoms with Crippen molar-refractivity contribution in [1.82, 2.24) is 15.5 Å². The molecule has 0 bridgehead atoms. The minimum atomic E-state index is 0.277. The summed E-state index contributed by atoms with van der Waals surface area (Å²) >= 11 is 3.28. The second kappa shape index (κ2) is 5.75. The molecule has 0 amide bonds. The van der Waals surface area contributed by atoms with Crippen LogP contribution >= 0.6 is 15.9 Å². The molecule has 0 radical (unpaired) electrons. The van der Waals surface area contributed by atoms with Crippen LogP contribution in [0.25, 0.3) is 0 Å².